The van der Waals surface area contributed by atoms with Crippen molar-refractivity contribution < 1.29 is 9.18 Å². The first kappa shape index (κ1) is 12.2. The largest absolute Gasteiger partial charge is 0.323 e. The number of carbonyl (C=O) groups excluding carboxylic acids is 1. The number of aromatic amines is 1. The van der Waals surface area contributed by atoms with E-state index in [1.54, 1.807) is 36.5 Å². The van der Waals surface area contributed by atoms with Crippen molar-refractivity contribution in [2.75, 3.05) is 10.6 Å². The molecular formula is C14H11FN4O. The van der Waals surface area contributed by atoms with Crippen LogP contribution in [-0.4, -0.2) is 16.2 Å². The zero-order chi connectivity index (χ0) is 13.9. The Labute approximate surface area is 113 Å². The van der Waals surface area contributed by atoms with Crippen LogP contribution in [0.4, 0.5) is 20.6 Å². The molecule has 0 saturated carbocycles. The summed E-state index contributed by atoms with van der Waals surface area (Å²) in [5, 5.41) is 12.7. The maximum absolute atomic E-state index is 13.4. The Morgan fingerprint density at radius 3 is 2.85 bits per heavy atom. The molecule has 100 valence electrons. The van der Waals surface area contributed by atoms with Gasteiger partial charge in [0.2, 0.25) is 0 Å². The molecule has 0 atom stereocenters. The van der Waals surface area contributed by atoms with E-state index in [0.717, 1.165) is 10.9 Å². The summed E-state index contributed by atoms with van der Waals surface area (Å²) in [6.45, 7) is 0. The topological polar surface area (TPSA) is 69.8 Å². The summed E-state index contributed by atoms with van der Waals surface area (Å²) in [5.41, 5.74) is 1.62. The van der Waals surface area contributed by atoms with E-state index in [4.69, 9.17) is 0 Å². The molecule has 0 spiro atoms. The fraction of sp³-hybridized carbons (Fsp3) is 0. The molecule has 1 heterocycles. The Morgan fingerprint density at radius 2 is 2.00 bits per heavy atom. The minimum absolute atomic E-state index is 0.134. The summed E-state index contributed by atoms with van der Waals surface area (Å²) < 4.78 is 13.4. The number of H-pyrrole nitrogens is 1. The molecular weight excluding hydrogens is 259 g/mol. The number of fused-ring (bicyclic) bond motifs is 1. The number of halogens is 1. The maximum atomic E-state index is 13.4. The molecule has 5 nitrogen and oxygen atoms in total. The lowest BCUT2D eigenvalue weighted by Gasteiger charge is -2.08. The number of anilines is 2. The Hall–Kier alpha value is -2.89. The zero-order valence-electron chi connectivity index (χ0n) is 10.4. The Morgan fingerprint density at radius 1 is 1.15 bits per heavy atom. The maximum Gasteiger partial charge on any atom is 0.323 e. The minimum Gasteiger partial charge on any atom is -0.308 e. The number of benzene rings is 2. The summed E-state index contributed by atoms with van der Waals surface area (Å²) in [6, 6.07) is 10.8. The van der Waals surface area contributed by atoms with Crippen molar-refractivity contribution in [3.05, 3.63) is 54.5 Å². The van der Waals surface area contributed by atoms with Gasteiger partial charge in [-0.1, -0.05) is 12.1 Å². The molecule has 3 rings (SSSR count). The van der Waals surface area contributed by atoms with Crippen LogP contribution < -0.4 is 10.6 Å². The average molecular weight is 270 g/mol. The van der Waals surface area contributed by atoms with Crippen molar-refractivity contribution in [1.29, 1.82) is 0 Å². The van der Waals surface area contributed by atoms with E-state index >= 15 is 0 Å². The average Bonchev–Trinajstić information content (AvgIpc) is 2.89. The summed E-state index contributed by atoms with van der Waals surface area (Å²) in [4.78, 5) is 11.8. The van der Waals surface area contributed by atoms with Crippen LogP contribution >= 0.6 is 0 Å². The third-order valence-electron chi connectivity index (χ3n) is 2.82. The number of amides is 2. The van der Waals surface area contributed by atoms with Crippen LogP contribution in [0.25, 0.3) is 10.9 Å². The van der Waals surface area contributed by atoms with Crippen LogP contribution in [-0.2, 0) is 0 Å². The number of carbonyl (C=O) groups is 1. The summed E-state index contributed by atoms with van der Waals surface area (Å²) in [5.74, 6) is -0.479. The van der Waals surface area contributed by atoms with Gasteiger partial charge in [-0.3, -0.25) is 5.10 Å². The Bertz CT molecular complexity index is 768. The van der Waals surface area contributed by atoms with Gasteiger partial charge in [0.25, 0.3) is 0 Å². The van der Waals surface area contributed by atoms with Crippen molar-refractivity contribution >= 4 is 28.3 Å². The van der Waals surface area contributed by atoms with Gasteiger partial charge < -0.3 is 10.6 Å². The monoisotopic (exact) mass is 270 g/mol. The molecule has 0 aliphatic rings. The second-order valence-corrected chi connectivity index (χ2v) is 4.23. The minimum atomic E-state index is -0.502. The predicted molar refractivity (Wildman–Crippen MR) is 75.1 cm³/mol. The number of hydrogen-bond donors (Lipinski definition) is 3. The van der Waals surface area contributed by atoms with Crippen molar-refractivity contribution in [1.82, 2.24) is 10.2 Å². The number of aromatic nitrogens is 2. The van der Waals surface area contributed by atoms with Gasteiger partial charge in [0.05, 0.1) is 17.4 Å². The molecule has 0 aliphatic heterocycles. The fourth-order valence-corrected chi connectivity index (χ4v) is 1.87. The lowest BCUT2D eigenvalue weighted by Crippen LogP contribution is -2.20. The molecule has 2 aromatic carbocycles. The Kier molecular flexibility index (Phi) is 3.04. The number of nitrogens with zero attached hydrogens (tertiary/aromatic N) is 1. The normalized spacial score (nSPS) is 10.4. The first-order chi connectivity index (χ1) is 9.72. The van der Waals surface area contributed by atoms with E-state index in [2.05, 4.69) is 20.8 Å². The molecule has 0 radical (unpaired) electrons. The van der Waals surface area contributed by atoms with E-state index in [-0.39, 0.29) is 5.69 Å². The van der Waals surface area contributed by atoms with E-state index in [1.807, 2.05) is 0 Å². The van der Waals surface area contributed by atoms with E-state index in [1.165, 1.54) is 12.1 Å². The fourth-order valence-electron chi connectivity index (χ4n) is 1.87. The van der Waals surface area contributed by atoms with Crippen molar-refractivity contribution in [2.24, 2.45) is 0 Å². The van der Waals surface area contributed by atoms with E-state index < -0.39 is 11.8 Å². The molecule has 1 aromatic heterocycles. The quantitative estimate of drug-likeness (QED) is 0.668. The van der Waals surface area contributed by atoms with Crippen LogP contribution in [0.1, 0.15) is 0 Å². The summed E-state index contributed by atoms with van der Waals surface area (Å²) >= 11 is 0. The third-order valence-corrected chi connectivity index (χ3v) is 2.82. The van der Waals surface area contributed by atoms with Gasteiger partial charge >= 0.3 is 6.03 Å². The number of para-hydroxylation sites is 1. The summed E-state index contributed by atoms with van der Waals surface area (Å²) in [6.07, 6.45) is 1.66. The molecule has 3 aromatic rings. The van der Waals surface area contributed by atoms with Crippen LogP contribution in [0.3, 0.4) is 0 Å². The highest BCUT2D eigenvalue weighted by atomic mass is 19.1. The second kappa shape index (κ2) is 5.00. The number of nitrogens with one attached hydrogen (secondary N) is 3. The molecule has 0 saturated heterocycles. The van der Waals surface area contributed by atoms with Crippen LogP contribution in [0.2, 0.25) is 0 Å². The van der Waals surface area contributed by atoms with Gasteiger partial charge in [0.1, 0.15) is 5.82 Å². The van der Waals surface area contributed by atoms with Gasteiger partial charge in [-0.2, -0.15) is 5.10 Å². The van der Waals surface area contributed by atoms with Gasteiger partial charge in [-0.05, 0) is 30.3 Å². The van der Waals surface area contributed by atoms with Gasteiger partial charge in [-0.25, -0.2) is 9.18 Å². The molecule has 3 N–H and O–H groups in total. The number of rotatable bonds is 2. The lowest BCUT2D eigenvalue weighted by atomic mass is 10.2. The highest BCUT2D eigenvalue weighted by molar-refractivity contribution is 6.00. The standard InChI is InChI=1S/C14H11FN4O/c15-11-3-1-2-4-13(11)18-14(20)17-10-5-6-12-9(7-10)8-16-19-12/h1-8H,(H,16,19)(H2,17,18,20). The molecule has 0 fully saturated rings. The van der Waals surface area contributed by atoms with Gasteiger partial charge in [-0.15, -0.1) is 0 Å². The lowest BCUT2D eigenvalue weighted by molar-refractivity contribution is 0.262. The van der Waals surface area contributed by atoms with Crippen LogP contribution in [0, 0.1) is 5.82 Å². The SMILES string of the molecule is O=C(Nc1ccc2[nH]ncc2c1)Nc1ccccc1F. The molecule has 0 aliphatic carbocycles. The highest BCUT2D eigenvalue weighted by Gasteiger charge is 2.06. The van der Waals surface area contributed by atoms with Crippen molar-refractivity contribution in [3.8, 4) is 0 Å². The molecule has 2 amide bonds. The second-order valence-electron chi connectivity index (χ2n) is 4.23. The third kappa shape index (κ3) is 2.44. The van der Waals surface area contributed by atoms with E-state index in [9.17, 15) is 9.18 Å². The van der Waals surface area contributed by atoms with Crippen LogP contribution in [0.5, 0.6) is 0 Å². The number of urea groups is 1. The highest BCUT2D eigenvalue weighted by Crippen LogP contribution is 2.17. The van der Waals surface area contributed by atoms with E-state index in [0.29, 0.717) is 5.69 Å². The van der Waals surface area contributed by atoms with Crippen molar-refractivity contribution in [3.63, 3.8) is 0 Å². The van der Waals surface area contributed by atoms with Gasteiger partial charge in [0.15, 0.2) is 0 Å². The Balaban J connectivity index is 1.74. The molecule has 20 heavy (non-hydrogen) atoms. The molecule has 0 bridgehead atoms. The summed E-state index contributed by atoms with van der Waals surface area (Å²) in [7, 11) is 0. The molecule has 0 unspecified atom stereocenters. The zero-order valence-corrected chi connectivity index (χ0v) is 10.4. The smallest absolute Gasteiger partial charge is 0.308 e. The predicted octanol–water partition coefficient (Wildman–Crippen LogP) is 3.35. The molecule has 6 heteroatoms. The van der Waals surface area contributed by atoms with Gasteiger partial charge in [0, 0.05) is 11.1 Å². The van der Waals surface area contributed by atoms with Crippen LogP contribution in [0.15, 0.2) is 48.7 Å². The first-order valence-corrected chi connectivity index (χ1v) is 5.98. The number of hydrogen-bond acceptors (Lipinski definition) is 2. The first-order valence-electron chi connectivity index (χ1n) is 5.98. The van der Waals surface area contributed by atoms with Crippen molar-refractivity contribution in [2.45, 2.75) is 0 Å².